The van der Waals surface area contributed by atoms with Gasteiger partial charge >= 0.3 is 0 Å². The van der Waals surface area contributed by atoms with Crippen LogP contribution in [0.4, 0.5) is 0 Å². The average Bonchev–Trinajstić information content (AvgIpc) is 3.84. The van der Waals surface area contributed by atoms with Crippen LogP contribution < -0.4 is 0 Å². The van der Waals surface area contributed by atoms with Gasteiger partial charge in [0, 0.05) is 12.3 Å². The Morgan fingerprint density at radius 1 is 0.554 bits per heavy atom. The van der Waals surface area contributed by atoms with Gasteiger partial charge in [0.05, 0.1) is 45.2 Å². The van der Waals surface area contributed by atoms with Gasteiger partial charge in [0.1, 0.15) is 97.7 Å². The quantitative estimate of drug-likeness (QED) is 0.0867. The highest BCUT2D eigenvalue weighted by atomic mass is 16.8. The topological polar surface area (TPSA) is 355 Å². The summed E-state index contributed by atoms with van der Waals surface area (Å²) in [6, 6.07) is 0. The number of fused-ring (bicyclic) bond motifs is 7. The van der Waals surface area contributed by atoms with E-state index in [2.05, 4.69) is 33.8 Å². The number of allylic oxidation sites excluding steroid dienone is 1. The summed E-state index contributed by atoms with van der Waals surface area (Å²) in [5.74, 6) is 2.45. The molecule has 9 fully saturated rings. The van der Waals surface area contributed by atoms with Gasteiger partial charge < -0.3 is 114 Å². The lowest BCUT2D eigenvalue weighted by molar-refractivity contribution is -0.390. The molecular formula is C51H82O23. The molecule has 0 aromatic rings. The minimum atomic E-state index is -2.03. The zero-order chi connectivity index (χ0) is 52.9. The number of rotatable bonds is 12. The molecule has 3 saturated carbocycles. The molecule has 0 bridgehead atoms. The summed E-state index contributed by atoms with van der Waals surface area (Å²) in [5, 5.41) is 140. The summed E-state index contributed by atoms with van der Waals surface area (Å²) < 4.78 is 60.2. The van der Waals surface area contributed by atoms with Crippen molar-refractivity contribution in [3.63, 3.8) is 0 Å². The first-order chi connectivity index (χ1) is 35.2. The number of ether oxygens (including phenoxy) is 10. The van der Waals surface area contributed by atoms with Gasteiger partial charge in [0.25, 0.3) is 0 Å². The van der Waals surface area contributed by atoms with Crippen LogP contribution in [0, 0.1) is 46.3 Å². The molecule has 0 radical (unpaired) electrons. The van der Waals surface area contributed by atoms with E-state index in [1.165, 1.54) is 5.57 Å². The molecule has 424 valence electrons. The van der Waals surface area contributed by atoms with Crippen molar-refractivity contribution in [1.82, 2.24) is 0 Å². The Balaban J connectivity index is 0.774. The smallest absolute Gasteiger partial charge is 0.187 e. The molecule has 5 unspecified atom stereocenters. The first kappa shape index (κ1) is 56.1. The number of hydrogen-bond acceptors (Lipinski definition) is 23. The van der Waals surface area contributed by atoms with Gasteiger partial charge in [-0.25, -0.2) is 0 Å². The standard InChI is InChI=1S/C51H82O23/c1-20-7-12-51(65-19-20)21(2)32-27(74-51)14-26-24-6-5-22-13-23(8-10-49(22,3)25(24)9-11-50(26,32)4)66-47-40(63)43(34(57)29(16-53)68-47)73-46-39(62)37(60)42(31(18-55)70-46)71-48-41(64)44(35(58)30(17-54)69-48)72-45-38(61)36(59)33(56)28(15-52)67-45/h5,20-21,23-48,52-64H,6-19H2,1-4H3/t20-,21+,23+,24?,25?,26?,27?,28-,29-,30-,31-,32?,33-,34-,35-,36-,37+,38-,39-,40-,41-,42-,43-,44-,45+,46+,47-,48+,49+,50+,51-/m1/s1. The summed E-state index contributed by atoms with van der Waals surface area (Å²) >= 11 is 0. The third-order valence-electron chi connectivity index (χ3n) is 19.8. The van der Waals surface area contributed by atoms with E-state index in [0.717, 1.165) is 51.6 Å². The van der Waals surface area contributed by atoms with Crippen LogP contribution in [0.25, 0.3) is 0 Å². The van der Waals surface area contributed by atoms with Gasteiger partial charge in [-0.15, -0.1) is 0 Å². The van der Waals surface area contributed by atoms with Crippen LogP contribution in [-0.2, 0) is 47.4 Å². The fourth-order valence-electron chi connectivity index (χ4n) is 15.6. The van der Waals surface area contributed by atoms with Crippen LogP contribution >= 0.6 is 0 Å². The minimum absolute atomic E-state index is 0.0493. The van der Waals surface area contributed by atoms with Crippen LogP contribution in [0.3, 0.4) is 0 Å². The van der Waals surface area contributed by atoms with Crippen LogP contribution in [0.2, 0.25) is 0 Å². The maximum Gasteiger partial charge on any atom is 0.187 e. The molecule has 0 amide bonds. The first-order valence-electron chi connectivity index (χ1n) is 27.0. The van der Waals surface area contributed by atoms with E-state index in [1.807, 2.05) is 0 Å². The van der Waals surface area contributed by atoms with Crippen molar-refractivity contribution in [1.29, 1.82) is 0 Å². The summed E-state index contributed by atoms with van der Waals surface area (Å²) in [6.07, 6.45) is -24.2. The predicted octanol–water partition coefficient (Wildman–Crippen LogP) is -2.99. The van der Waals surface area contributed by atoms with Crippen molar-refractivity contribution in [2.45, 2.75) is 226 Å². The van der Waals surface area contributed by atoms with Crippen molar-refractivity contribution in [3.8, 4) is 0 Å². The van der Waals surface area contributed by atoms with Crippen LogP contribution in [-0.4, -0.2) is 240 Å². The maximum absolute atomic E-state index is 11.8. The largest absolute Gasteiger partial charge is 0.394 e. The van der Waals surface area contributed by atoms with Crippen molar-refractivity contribution >= 4 is 0 Å². The fraction of sp³-hybridized carbons (Fsp3) is 0.961. The molecule has 1 spiro atoms. The van der Waals surface area contributed by atoms with Crippen LogP contribution in [0.1, 0.15) is 85.5 Å². The molecule has 10 rings (SSSR count). The molecule has 31 atom stereocenters. The zero-order valence-electron chi connectivity index (χ0n) is 42.5. The van der Waals surface area contributed by atoms with E-state index in [0.29, 0.717) is 48.3 Å². The lowest BCUT2D eigenvalue weighted by Crippen LogP contribution is -2.67. The Kier molecular flexibility index (Phi) is 16.5. The van der Waals surface area contributed by atoms with E-state index in [4.69, 9.17) is 47.4 Å². The van der Waals surface area contributed by atoms with E-state index in [-0.39, 0.29) is 16.9 Å². The summed E-state index contributed by atoms with van der Waals surface area (Å²) in [6.45, 7) is 6.98. The van der Waals surface area contributed by atoms with Crippen molar-refractivity contribution < 1.29 is 114 Å². The van der Waals surface area contributed by atoms with Gasteiger partial charge in [0.15, 0.2) is 30.9 Å². The third kappa shape index (κ3) is 9.48. The van der Waals surface area contributed by atoms with Gasteiger partial charge in [-0.1, -0.05) is 39.3 Å². The Morgan fingerprint density at radius 3 is 1.68 bits per heavy atom. The highest BCUT2D eigenvalue weighted by Gasteiger charge is 2.69. The fourth-order valence-corrected chi connectivity index (χ4v) is 15.6. The Hall–Kier alpha value is -1.18. The minimum Gasteiger partial charge on any atom is -0.394 e. The third-order valence-corrected chi connectivity index (χ3v) is 19.8. The number of hydrogen-bond donors (Lipinski definition) is 13. The van der Waals surface area contributed by atoms with Crippen LogP contribution in [0.5, 0.6) is 0 Å². The van der Waals surface area contributed by atoms with Crippen LogP contribution in [0.15, 0.2) is 11.6 Å². The normalized spacial score (nSPS) is 56.5. The Morgan fingerprint density at radius 2 is 1.09 bits per heavy atom. The van der Waals surface area contributed by atoms with Crippen molar-refractivity contribution in [2.24, 2.45) is 46.3 Å². The SMILES string of the molecule is C[C@@H]1CC[C@@]2(OC1)OC1CC3C4CC=C5C[C@@H](O[C@@H]6O[C@H](CO)[C@@H](O)[C@@H](O[C@@H]7O[C@H](CO)[C@@H](O[C@@H]8O[C@H](CO)[C@@H](O)[C@@H](O[C@@H]9O[C@H](CO)[C@@H](O)[C@@H](O)[C@H]9O)[C@H]8O)[C@@H](O)[C@H]7O)[C@H]6O)CC[C@]5(C)C4CC[C@]3(C)C1[C@@H]2C. The molecule has 6 saturated heterocycles. The molecule has 0 aromatic heterocycles. The molecule has 23 heteroatoms. The van der Waals surface area contributed by atoms with E-state index in [9.17, 15) is 66.4 Å². The van der Waals surface area contributed by atoms with E-state index in [1.54, 1.807) is 0 Å². The maximum atomic E-state index is 11.8. The highest BCUT2D eigenvalue weighted by Crippen LogP contribution is 2.71. The number of aliphatic hydroxyl groups excluding tert-OH is 13. The summed E-state index contributed by atoms with van der Waals surface area (Å²) in [4.78, 5) is 0. The Bertz CT molecular complexity index is 1940. The monoisotopic (exact) mass is 1060 g/mol. The zero-order valence-corrected chi connectivity index (χ0v) is 42.5. The molecule has 4 aliphatic carbocycles. The molecular weight excluding hydrogens is 981 g/mol. The molecule has 6 aliphatic heterocycles. The average molecular weight is 1060 g/mol. The number of aliphatic hydroxyl groups is 13. The molecule has 6 heterocycles. The predicted molar refractivity (Wildman–Crippen MR) is 248 cm³/mol. The van der Waals surface area contributed by atoms with E-state index < -0.39 is 161 Å². The second-order valence-corrected chi connectivity index (χ2v) is 23.9. The van der Waals surface area contributed by atoms with Crippen molar-refractivity contribution in [3.05, 3.63) is 11.6 Å². The van der Waals surface area contributed by atoms with Crippen molar-refractivity contribution in [2.75, 3.05) is 33.0 Å². The second kappa shape index (κ2) is 21.7. The van der Waals surface area contributed by atoms with Gasteiger partial charge in [0.2, 0.25) is 0 Å². The van der Waals surface area contributed by atoms with E-state index >= 15 is 0 Å². The lowest BCUT2D eigenvalue weighted by atomic mass is 9.47. The van der Waals surface area contributed by atoms with Gasteiger partial charge in [-0.2, -0.15) is 0 Å². The molecule has 74 heavy (non-hydrogen) atoms. The Labute approximate surface area is 430 Å². The summed E-state index contributed by atoms with van der Waals surface area (Å²) in [5.41, 5.74) is 1.43. The second-order valence-electron chi connectivity index (χ2n) is 23.9. The van der Waals surface area contributed by atoms with Gasteiger partial charge in [-0.3, -0.25) is 0 Å². The molecule has 13 N–H and O–H groups in total. The first-order valence-corrected chi connectivity index (χ1v) is 27.0. The lowest BCUT2D eigenvalue weighted by Gasteiger charge is -2.58. The highest BCUT2D eigenvalue weighted by molar-refractivity contribution is 5.26. The molecule has 0 aromatic carbocycles. The van der Waals surface area contributed by atoms with Gasteiger partial charge in [-0.05, 0) is 91.8 Å². The summed E-state index contributed by atoms with van der Waals surface area (Å²) in [7, 11) is 0. The molecule has 23 nitrogen and oxygen atoms in total. The molecule has 10 aliphatic rings.